The van der Waals surface area contributed by atoms with Gasteiger partial charge in [-0.2, -0.15) is 0 Å². The molecule has 4 heteroatoms. The van der Waals surface area contributed by atoms with Crippen LogP contribution in [-0.4, -0.2) is 19.6 Å². The number of amides is 1. The Labute approximate surface area is 124 Å². The first-order valence-electron chi connectivity index (χ1n) is 6.73. The highest BCUT2D eigenvalue weighted by Gasteiger charge is 2.09. The molecule has 4 nitrogen and oxygen atoms in total. The Bertz CT molecular complexity index is 638. The number of nitrogens with one attached hydrogen (secondary N) is 1. The summed E-state index contributed by atoms with van der Waals surface area (Å²) in [5, 5.41) is 2.85. The monoisotopic (exact) mass is 285 g/mol. The predicted octanol–water partition coefficient (Wildman–Crippen LogP) is 3.33. The first-order chi connectivity index (χ1) is 10.1. The number of rotatable bonds is 5. The van der Waals surface area contributed by atoms with Gasteiger partial charge in [-0.3, -0.25) is 4.79 Å². The van der Waals surface area contributed by atoms with Crippen molar-refractivity contribution in [2.75, 3.05) is 19.0 Å². The number of hydrogen-bond donors (Lipinski definition) is 1. The SMILES string of the molecule is COc1ccccc1OCC(=O)Nc1cccc(C)c1C. The molecule has 0 bridgehead atoms. The smallest absolute Gasteiger partial charge is 0.262 e. The standard InChI is InChI=1S/C17H19NO3/c1-12-7-6-8-14(13(12)2)18-17(19)11-21-16-10-5-4-9-15(16)20-3/h4-10H,11H2,1-3H3,(H,18,19). The van der Waals surface area contributed by atoms with Gasteiger partial charge in [0, 0.05) is 5.69 Å². The minimum absolute atomic E-state index is 0.0618. The maximum absolute atomic E-state index is 12.0. The molecule has 2 aromatic carbocycles. The molecule has 0 heterocycles. The van der Waals surface area contributed by atoms with Crippen molar-refractivity contribution in [1.29, 1.82) is 0 Å². The summed E-state index contributed by atoms with van der Waals surface area (Å²) in [5.74, 6) is 0.961. The third kappa shape index (κ3) is 3.75. The normalized spacial score (nSPS) is 10.0. The van der Waals surface area contributed by atoms with Crippen LogP contribution < -0.4 is 14.8 Å². The lowest BCUT2D eigenvalue weighted by atomic mass is 10.1. The average Bonchev–Trinajstić information content (AvgIpc) is 2.50. The van der Waals surface area contributed by atoms with Crippen molar-refractivity contribution in [2.24, 2.45) is 0 Å². The van der Waals surface area contributed by atoms with Crippen LogP contribution in [0.25, 0.3) is 0 Å². The molecule has 2 rings (SSSR count). The largest absolute Gasteiger partial charge is 0.493 e. The molecule has 0 aliphatic rings. The Balaban J connectivity index is 1.98. The molecular formula is C17H19NO3. The summed E-state index contributed by atoms with van der Waals surface area (Å²) in [5.41, 5.74) is 3.00. The zero-order valence-electron chi connectivity index (χ0n) is 12.5. The van der Waals surface area contributed by atoms with Crippen LogP contribution in [0.1, 0.15) is 11.1 Å². The number of carbonyl (C=O) groups is 1. The summed E-state index contributed by atoms with van der Waals surface area (Å²) in [6, 6.07) is 13.0. The third-order valence-corrected chi connectivity index (χ3v) is 3.31. The van der Waals surface area contributed by atoms with Gasteiger partial charge >= 0.3 is 0 Å². The van der Waals surface area contributed by atoms with E-state index in [1.165, 1.54) is 0 Å². The number of methoxy groups -OCH3 is 1. The van der Waals surface area contributed by atoms with Crippen LogP contribution in [0.4, 0.5) is 5.69 Å². The van der Waals surface area contributed by atoms with Crippen LogP contribution in [-0.2, 0) is 4.79 Å². The Morgan fingerprint density at radius 2 is 1.76 bits per heavy atom. The first kappa shape index (κ1) is 14.9. The van der Waals surface area contributed by atoms with E-state index in [1.54, 1.807) is 19.2 Å². The molecule has 0 unspecified atom stereocenters. The van der Waals surface area contributed by atoms with Gasteiger partial charge in [-0.25, -0.2) is 0 Å². The Kier molecular flexibility index (Phi) is 4.82. The zero-order chi connectivity index (χ0) is 15.2. The van der Waals surface area contributed by atoms with E-state index in [0.717, 1.165) is 16.8 Å². The predicted molar refractivity (Wildman–Crippen MR) is 83.0 cm³/mol. The van der Waals surface area contributed by atoms with Crippen molar-refractivity contribution in [3.63, 3.8) is 0 Å². The summed E-state index contributed by atoms with van der Waals surface area (Å²) in [6.07, 6.45) is 0. The van der Waals surface area contributed by atoms with E-state index in [4.69, 9.17) is 9.47 Å². The highest BCUT2D eigenvalue weighted by molar-refractivity contribution is 5.92. The summed E-state index contributed by atoms with van der Waals surface area (Å²) in [6.45, 7) is 3.93. The minimum atomic E-state index is -0.199. The molecule has 0 aliphatic carbocycles. The van der Waals surface area contributed by atoms with E-state index >= 15 is 0 Å². The molecule has 0 fully saturated rings. The molecule has 1 amide bonds. The second kappa shape index (κ2) is 6.79. The number of ether oxygens (including phenoxy) is 2. The van der Waals surface area contributed by atoms with Crippen molar-refractivity contribution in [1.82, 2.24) is 0 Å². The van der Waals surface area contributed by atoms with Crippen molar-refractivity contribution >= 4 is 11.6 Å². The maximum atomic E-state index is 12.0. The average molecular weight is 285 g/mol. The molecular weight excluding hydrogens is 266 g/mol. The molecule has 21 heavy (non-hydrogen) atoms. The Hall–Kier alpha value is -2.49. The van der Waals surface area contributed by atoms with Gasteiger partial charge in [-0.15, -0.1) is 0 Å². The molecule has 0 spiro atoms. The second-order valence-electron chi connectivity index (χ2n) is 4.74. The zero-order valence-corrected chi connectivity index (χ0v) is 12.5. The molecule has 0 radical (unpaired) electrons. The topological polar surface area (TPSA) is 47.6 Å². The van der Waals surface area contributed by atoms with Gasteiger partial charge in [-0.05, 0) is 43.2 Å². The Morgan fingerprint density at radius 1 is 1.05 bits per heavy atom. The minimum Gasteiger partial charge on any atom is -0.493 e. The van der Waals surface area contributed by atoms with Gasteiger partial charge in [-0.1, -0.05) is 24.3 Å². The van der Waals surface area contributed by atoms with Crippen LogP contribution in [0.2, 0.25) is 0 Å². The molecule has 0 aromatic heterocycles. The lowest BCUT2D eigenvalue weighted by molar-refractivity contribution is -0.118. The number of carbonyl (C=O) groups excluding carboxylic acids is 1. The number of benzene rings is 2. The van der Waals surface area contributed by atoms with Gasteiger partial charge in [0.15, 0.2) is 18.1 Å². The van der Waals surface area contributed by atoms with Crippen LogP contribution in [0, 0.1) is 13.8 Å². The maximum Gasteiger partial charge on any atom is 0.262 e. The summed E-state index contributed by atoms with van der Waals surface area (Å²) < 4.78 is 10.7. The highest BCUT2D eigenvalue weighted by atomic mass is 16.5. The Morgan fingerprint density at radius 3 is 2.48 bits per heavy atom. The van der Waals surface area contributed by atoms with Gasteiger partial charge in [0.05, 0.1) is 7.11 Å². The lowest BCUT2D eigenvalue weighted by Crippen LogP contribution is -2.21. The lowest BCUT2D eigenvalue weighted by Gasteiger charge is -2.12. The molecule has 0 atom stereocenters. The van der Waals surface area contributed by atoms with E-state index in [0.29, 0.717) is 11.5 Å². The number of anilines is 1. The molecule has 1 N–H and O–H groups in total. The number of aryl methyl sites for hydroxylation is 1. The number of para-hydroxylation sites is 2. The van der Waals surface area contributed by atoms with Crippen LogP contribution in [0.5, 0.6) is 11.5 Å². The van der Waals surface area contributed by atoms with E-state index < -0.39 is 0 Å². The molecule has 2 aromatic rings. The quantitative estimate of drug-likeness (QED) is 0.916. The van der Waals surface area contributed by atoms with Gasteiger partial charge < -0.3 is 14.8 Å². The first-order valence-corrected chi connectivity index (χ1v) is 6.73. The fourth-order valence-electron chi connectivity index (χ4n) is 1.95. The van der Waals surface area contributed by atoms with Crippen LogP contribution >= 0.6 is 0 Å². The van der Waals surface area contributed by atoms with Crippen molar-refractivity contribution in [3.05, 3.63) is 53.6 Å². The summed E-state index contributed by atoms with van der Waals surface area (Å²) >= 11 is 0. The van der Waals surface area contributed by atoms with Crippen molar-refractivity contribution < 1.29 is 14.3 Å². The number of hydrogen-bond acceptors (Lipinski definition) is 3. The summed E-state index contributed by atoms with van der Waals surface area (Å²) in [7, 11) is 1.57. The fourth-order valence-corrected chi connectivity index (χ4v) is 1.95. The third-order valence-electron chi connectivity index (χ3n) is 3.31. The van der Waals surface area contributed by atoms with Gasteiger partial charge in [0.1, 0.15) is 0 Å². The van der Waals surface area contributed by atoms with Crippen molar-refractivity contribution in [3.8, 4) is 11.5 Å². The van der Waals surface area contributed by atoms with Crippen molar-refractivity contribution in [2.45, 2.75) is 13.8 Å². The van der Waals surface area contributed by atoms with Crippen LogP contribution in [0.3, 0.4) is 0 Å². The molecule has 110 valence electrons. The van der Waals surface area contributed by atoms with Gasteiger partial charge in [0.25, 0.3) is 5.91 Å². The van der Waals surface area contributed by atoms with Crippen LogP contribution in [0.15, 0.2) is 42.5 Å². The van der Waals surface area contributed by atoms with Gasteiger partial charge in [0.2, 0.25) is 0 Å². The molecule has 0 saturated heterocycles. The van der Waals surface area contributed by atoms with E-state index in [-0.39, 0.29) is 12.5 Å². The van der Waals surface area contributed by atoms with E-state index in [2.05, 4.69) is 5.32 Å². The molecule has 0 saturated carbocycles. The van der Waals surface area contributed by atoms with E-state index in [9.17, 15) is 4.79 Å². The summed E-state index contributed by atoms with van der Waals surface area (Å²) in [4.78, 5) is 12.0. The van der Waals surface area contributed by atoms with E-state index in [1.807, 2.05) is 44.2 Å². The highest BCUT2D eigenvalue weighted by Crippen LogP contribution is 2.25. The fraction of sp³-hybridized carbons (Fsp3) is 0.235. The second-order valence-corrected chi connectivity index (χ2v) is 4.74. The molecule has 0 aliphatic heterocycles.